The van der Waals surface area contributed by atoms with E-state index in [0.717, 1.165) is 0 Å². The third-order valence-electron chi connectivity index (χ3n) is 4.18. The normalized spacial score (nSPS) is 12.0. The van der Waals surface area contributed by atoms with Crippen molar-refractivity contribution in [2.45, 2.75) is 33.2 Å². The van der Waals surface area contributed by atoms with Crippen molar-refractivity contribution in [3.05, 3.63) is 53.2 Å². The topological polar surface area (TPSA) is 106 Å². The molecule has 0 spiro atoms. The average Bonchev–Trinajstić information content (AvgIpc) is 3.16. The number of aliphatic hydroxyl groups is 1. The standard InChI is InChI=1S/C19H21FN6O2/c1-4-17-23-24-25-26(17)15-7-13(18-16(20)5-11(2)9-21-18)6-14(8-15)19(28)22-12(3)10-27/h5-9,12,27H,4,10H2,1-3H3,(H,22,28). The summed E-state index contributed by atoms with van der Waals surface area (Å²) in [4.78, 5) is 16.8. The highest BCUT2D eigenvalue weighted by atomic mass is 19.1. The Bertz CT molecular complexity index is 1000. The molecule has 0 saturated heterocycles. The minimum atomic E-state index is -0.486. The molecule has 2 aromatic heterocycles. The lowest BCUT2D eigenvalue weighted by atomic mass is 10.0. The molecule has 0 saturated carbocycles. The molecule has 9 heteroatoms. The summed E-state index contributed by atoms with van der Waals surface area (Å²) >= 11 is 0. The molecule has 2 N–H and O–H groups in total. The predicted molar refractivity (Wildman–Crippen MR) is 100 cm³/mol. The number of pyridine rings is 1. The van der Waals surface area contributed by atoms with Gasteiger partial charge in [-0.15, -0.1) is 5.10 Å². The number of aromatic nitrogens is 5. The SMILES string of the molecule is CCc1nnnn1-c1cc(C(=O)NC(C)CO)cc(-c2ncc(C)cc2F)c1. The van der Waals surface area contributed by atoms with Gasteiger partial charge in [0.05, 0.1) is 12.3 Å². The Hall–Kier alpha value is -3.20. The zero-order chi connectivity index (χ0) is 20.3. The summed E-state index contributed by atoms with van der Waals surface area (Å²) in [5.41, 5.74) is 2.05. The second-order valence-corrected chi connectivity index (χ2v) is 6.53. The molecule has 3 aromatic rings. The number of carbonyl (C=O) groups excluding carboxylic acids is 1. The van der Waals surface area contributed by atoms with Crippen molar-refractivity contribution >= 4 is 5.91 Å². The van der Waals surface area contributed by atoms with Crippen molar-refractivity contribution in [2.75, 3.05) is 6.61 Å². The highest BCUT2D eigenvalue weighted by molar-refractivity contribution is 5.96. The third-order valence-corrected chi connectivity index (χ3v) is 4.18. The van der Waals surface area contributed by atoms with Crippen LogP contribution in [0.2, 0.25) is 0 Å². The van der Waals surface area contributed by atoms with Gasteiger partial charge in [0, 0.05) is 29.8 Å². The van der Waals surface area contributed by atoms with E-state index in [2.05, 4.69) is 25.8 Å². The van der Waals surface area contributed by atoms with E-state index in [1.807, 2.05) is 6.92 Å². The largest absolute Gasteiger partial charge is 0.394 e. The van der Waals surface area contributed by atoms with Gasteiger partial charge in [-0.05, 0) is 54.1 Å². The Kier molecular flexibility index (Phi) is 5.74. The van der Waals surface area contributed by atoms with Gasteiger partial charge in [-0.2, -0.15) is 4.68 Å². The van der Waals surface area contributed by atoms with Crippen LogP contribution in [0.25, 0.3) is 16.9 Å². The highest BCUT2D eigenvalue weighted by Gasteiger charge is 2.17. The quantitative estimate of drug-likeness (QED) is 0.672. The Balaban J connectivity index is 2.15. The molecule has 1 aromatic carbocycles. The lowest BCUT2D eigenvalue weighted by Gasteiger charge is -2.14. The van der Waals surface area contributed by atoms with Gasteiger partial charge in [-0.25, -0.2) is 4.39 Å². The van der Waals surface area contributed by atoms with Crippen LogP contribution in [0.15, 0.2) is 30.5 Å². The number of tetrazole rings is 1. The first kappa shape index (κ1) is 19.6. The summed E-state index contributed by atoms with van der Waals surface area (Å²) in [7, 11) is 0. The van der Waals surface area contributed by atoms with Crippen molar-refractivity contribution in [3.8, 4) is 16.9 Å². The number of halogens is 1. The van der Waals surface area contributed by atoms with E-state index in [4.69, 9.17) is 0 Å². The molecular weight excluding hydrogens is 363 g/mol. The number of hydrogen-bond acceptors (Lipinski definition) is 6. The smallest absolute Gasteiger partial charge is 0.251 e. The van der Waals surface area contributed by atoms with Crippen molar-refractivity contribution in [1.82, 2.24) is 30.5 Å². The van der Waals surface area contributed by atoms with E-state index in [-0.39, 0.29) is 17.9 Å². The first-order chi connectivity index (χ1) is 13.4. The Labute approximate surface area is 161 Å². The van der Waals surface area contributed by atoms with E-state index in [1.165, 1.54) is 10.7 Å². The Morgan fingerprint density at radius 1 is 1.32 bits per heavy atom. The number of aliphatic hydroxyl groups excluding tert-OH is 1. The van der Waals surface area contributed by atoms with Gasteiger partial charge >= 0.3 is 0 Å². The molecule has 28 heavy (non-hydrogen) atoms. The second-order valence-electron chi connectivity index (χ2n) is 6.53. The molecule has 2 heterocycles. The fraction of sp³-hybridized carbons (Fsp3) is 0.316. The molecule has 0 fully saturated rings. The van der Waals surface area contributed by atoms with Crippen LogP contribution < -0.4 is 5.32 Å². The van der Waals surface area contributed by atoms with Crippen LogP contribution in [0, 0.1) is 12.7 Å². The van der Waals surface area contributed by atoms with E-state index in [1.54, 1.807) is 38.2 Å². The Morgan fingerprint density at radius 2 is 2.11 bits per heavy atom. The van der Waals surface area contributed by atoms with Gasteiger partial charge in [-0.1, -0.05) is 6.92 Å². The maximum absolute atomic E-state index is 14.5. The Morgan fingerprint density at radius 3 is 2.79 bits per heavy atom. The average molecular weight is 384 g/mol. The van der Waals surface area contributed by atoms with E-state index in [9.17, 15) is 14.3 Å². The van der Waals surface area contributed by atoms with Crippen LogP contribution >= 0.6 is 0 Å². The van der Waals surface area contributed by atoms with Gasteiger partial charge in [0.15, 0.2) is 5.82 Å². The van der Waals surface area contributed by atoms with Gasteiger partial charge in [0.1, 0.15) is 11.5 Å². The van der Waals surface area contributed by atoms with Crippen LogP contribution in [0.3, 0.4) is 0 Å². The van der Waals surface area contributed by atoms with Crippen LogP contribution in [0.4, 0.5) is 4.39 Å². The molecule has 0 aliphatic carbocycles. The summed E-state index contributed by atoms with van der Waals surface area (Å²) in [5.74, 6) is -0.285. The lowest BCUT2D eigenvalue weighted by molar-refractivity contribution is 0.0922. The van der Waals surface area contributed by atoms with Gasteiger partial charge in [0.2, 0.25) is 0 Å². The monoisotopic (exact) mass is 384 g/mol. The molecule has 1 unspecified atom stereocenters. The number of hydrogen-bond donors (Lipinski definition) is 2. The van der Waals surface area contributed by atoms with Crippen LogP contribution in [0.5, 0.6) is 0 Å². The minimum absolute atomic E-state index is 0.128. The zero-order valence-corrected chi connectivity index (χ0v) is 15.8. The van der Waals surface area contributed by atoms with Crippen molar-refractivity contribution < 1.29 is 14.3 Å². The third kappa shape index (κ3) is 4.04. The number of nitrogens with one attached hydrogen (secondary N) is 1. The molecule has 3 rings (SSSR count). The fourth-order valence-electron chi connectivity index (χ4n) is 2.73. The maximum Gasteiger partial charge on any atom is 0.251 e. The van der Waals surface area contributed by atoms with Gasteiger partial charge < -0.3 is 10.4 Å². The number of aryl methyl sites for hydroxylation is 2. The zero-order valence-electron chi connectivity index (χ0n) is 15.8. The summed E-state index contributed by atoms with van der Waals surface area (Å²) in [5, 5.41) is 23.5. The van der Waals surface area contributed by atoms with E-state index in [0.29, 0.717) is 29.1 Å². The van der Waals surface area contributed by atoms with Crippen molar-refractivity contribution in [2.24, 2.45) is 0 Å². The summed E-state index contributed by atoms with van der Waals surface area (Å²) < 4.78 is 16.0. The second kappa shape index (κ2) is 8.22. The molecular formula is C19H21FN6O2. The molecule has 8 nitrogen and oxygen atoms in total. The minimum Gasteiger partial charge on any atom is -0.394 e. The maximum atomic E-state index is 14.5. The molecule has 146 valence electrons. The van der Waals surface area contributed by atoms with Gasteiger partial charge in [0.25, 0.3) is 5.91 Å². The van der Waals surface area contributed by atoms with Gasteiger partial charge in [-0.3, -0.25) is 9.78 Å². The molecule has 0 aliphatic heterocycles. The van der Waals surface area contributed by atoms with E-state index < -0.39 is 17.8 Å². The number of benzene rings is 1. The van der Waals surface area contributed by atoms with Crippen LogP contribution in [-0.4, -0.2) is 48.9 Å². The predicted octanol–water partition coefficient (Wildman–Crippen LogP) is 1.84. The molecule has 1 atom stereocenters. The molecule has 0 radical (unpaired) electrons. The first-order valence-electron chi connectivity index (χ1n) is 8.89. The number of carbonyl (C=O) groups is 1. The summed E-state index contributed by atoms with van der Waals surface area (Å²) in [6, 6.07) is 5.82. The van der Waals surface area contributed by atoms with E-state index >= 15 is 0 Å². The van der Waals surface area contributed by atoms with Crippen molar-refractivity contribution in [3.63, 3.8) is 0 Å². The highest BCUT2D eigenvalue weighted by Crippen LogP contribution is 2.26. The molecule has 0 bridgehead atoms. The molecule has 0 aliphatic rings. The molecule has 1 amide bonds. The first-order valence-corrected chi connectivity index (χ1v) is 8.89. The fourth-order valence-corrected chi connectivity index (χ4v) is 2.73. The summed E-state index contributed by atoms with van der Waals surface area (Å²) in [6.07, 6.45) is 2.14. The number of amides is 1. The lowest BCUT2D eigenvalue weighted by Crippen LogP contribution is -2.35. The summed E-state index contributed by atoms with van der Waals surface area (Å²) in [6.45, 7) is 5.14. The number of rotatable bonds is 6. The van der Waals surface area contributed by atoms with Crippen molar-refractivity contribution in [1.29, 1.82) is 0 Å². The van der Waals surface area contributed by atoms with Crippen LogP contribution in [0.1, 0.15) is 35.6 Å². The van der Waals surface area contributed by atoms with Crippen LogP contribution in [-0.2, 0) is 6.42 Å². The number of nitrogens with zero attached hydrogens (tertiary/aromatic N) is 5.